The van der Waals surface area contributed by atoms with Gasteiger partial charge in [-0.1, -0.05) is 17.7 Å². The molecule has 0 radical (unpaired) electrons. The van der Waals surface area contributed by atoms with Gasteiger partial charge in [0.15, 0.2) is 5.96 Å². The zero-order chi connectivity index (χ0) is 15.8. The van der Waals surface area contributed by atoms with Crippen molar-refractivity contribution in [2.75, 3.05) is 13.1 Å². The van der Waals surface area contributed by atoms with E-state index in [1.54, 1.807) is 17.5 Å². The first-order valence-electron chi connectivity index (χ1n) is 7.21. The van der Waals surface area contributed by atoms with Crippen molar-refractivity contribution in [3.05, 3.63) is 45.1 Å². The summed E-state index contributed by atoms with van der Waals surface area (Å²) in [6.07, 6.45) is 4.55. The van der Waals surface area contributed by atoms with Crippen LogP contribution in [0.3, 0.4) is 0 Å². The summed E-state index contributed by atoms with van der Waals surface area (Å²) in [5, 5.41) is 8.15. The normalized spacial score (nSPS) is 11.5. The summed E-state index contributed by atoms with van der Waals surface area (Å²) in [6, 6.07) is 3.80. The van der Waals surface area contributed by atoms with Crippen molar-refractivity contribution in [3.8, 4) is 0 Å². The molecule has 0 saturated carbocycles. The molecule has 0 aliphatic carbocycles. The SMILES string of the molecule is CCNC(=NCc1cnc(C)s1)NCCc1ccc(Cl)nc1. The van der Waals surface area contributed by atoms with Crippen molar-refractivity contribution >= 4 is 28.9 Å². The van der Waals surface area contributed by atoms with Crippen LogP contribution in [0, 0.1) is 6.92 Å². The third-order valence-electron chi connectivity index (χ3n) is 2.90. The fourth-order valence-electron chi connectivity index (χ4n) is 1.86. The largest absolute Gasteiger partial charge is 0.357 e. The first kappa shape index (κ1) is 16.7. The third-order valence-corrected chi connectivity index (χ3v) is 4.02. The van der Waals surface area contributed by atoms with Crippen LogP contribution in [0.15, 0.2) is 29.5 Å². The van der Waals surface area contributed by atoms with E-state index in [-0.39, 0.29) is 0 Å². The second kappa shape index (κ2) is 8.70. The molecule has 0 saturated heterocycles. The van der Waals surface area contributed by atoms with Crippen LogP contribution >= 0.6 is 22.9 Å². The number of guanidine groups is 1. The van der Waals surface area contributed by atoms with E-state index in [2.05, 4.69) is 32.5 Å². The lowest BCUT2D eigenvalue weighted by Crippen LogP contribution is -2.38. The Morgan fingerprint density at radius 2 is 2.14 bits per heavy atom. The topological polar surface area (TPSA) is 62.2 Å². The molecule has 2 aromatic heterocycles. The summed E-state index contributed by atoms with van der Waals surface area (Å²) in [6.45, 7) is 6.31. The number of aliphatic imine (C=N–C) groups is 1. The number of nitrogens with zero attached hydrogens (tertiary/aromatic N) is 3. The van der Waals surface area contributed by atoms with Crippen LogP contribution in [0.5, 0.6) is 0 Å². The minimum atomic E-state index is 0.520. The molecule has 0 atom stereocenters. The van der Waals surface area contributed by atoms with E-state index in [1.807, 2.05) is 25.3 Å². The average molecular weight is 338 g/mol. The quantitative estimate of drug-likeness (QED) is 0.483. The monoisotopic (exact) mass is 337 g/mol. The molecule has 0 aliphatic rings. The Morgan fingerprint density at radius 3 is 2.77 bits per heavy atom. The molecule has 5 nitrogen and oxygen atoms in total. The number of aromatic nitrogens is 2. The van der Waals surface area contributed by atoms with Crippen molar-refractivity contribution in [1.82, 2.24) is 20.6 Å². The van der Waals surface area contributed by atoms with E-state index in [4.69, 9.17) is 11.6 Å². The van der Waals surface area contributed by atoms with E-state index in [0.29, 0.717) is 11.7 Å². The van der Waals surface area contributed by atoms with Gasteiger partial charge in [-0.3, -0.25) is 0 Å². The second-order valence-electron chi connectivity index (χ2n) is 4.71. The lowest BCUT2D eigenvalue weighted by Gasteiger charge is -2.10. The Kier molecular flexibility index (Phi) is 6.61. The van der Waals surface area contributed by atoms with Crippen molar-refractivity contribution in [2.24, 2.45) is 4.99 Å². The van der Waals surface area contributed by atoms with Crippen LogP contribution in [0.2, 0.25) is 5.15 Å². The van der Waals surface area contributed by atoms with Crippen LogP contribution < -0.4 is 10.6 Å². The van der Waals surface area contributed by atoms with E-state index >= 15 is 0 Å². The number of pyridine rings is 1. The first-order chi connectivity index (χ1) is 10.7. The van der Waals surface area contributed by atoms with Crippen LogP contribution in [0.25, 0.3) is 0 Å². The summed E-state index contributed by atoms with van der Waals surface area (Å²) >= 11 is 7.45. The minimum absolute atomic E-state index is 0.520. The maximum absolute atomic E-state index is 5.78. The molecule has 0 aromatic carbocycles. The summed E-state index contributed by atoms with van der Waals surface area (Å²) in [4.78, 5) is 14.1. The summed E-state index contributed by atoms with van der Waals surface area (Å²) in [7, 11) is 0. The lowest BCUT2D eigenvalue weighted by molar-refractivity contribution is 0.799. The highest BCUT2D eigenvalue weighted by Crippen LogP contribution is 2.12. The van der Waals surface area contributed by atoms with Crippen molar-refractivity contribution < 1.29 is 0 Å². The van der Waals surface area contributed by atoms with Gasteiger partial charge in [0, 0.05) is 30.4 Å². The number of thiazole rings is 1. The molecule has 0 fully saturated rings. The molecule has 22 heavy (non-hydrogen) atoms. The number of nitrogens with one attached hydrogen (secondary N) is 2. The molecular weight excluding hydrogens is 318 g/mol. The summed E-state index contributed by atoms with van der Waals surface area (Å²) in [5.74, 6) is 0.815. The molecule has 0 unspecified atom stereocenters. The van der Waals surface area contributed by atoms with E-state index in [1.165, 1.54) is 0 Å². The fraction of sp³-hybridized carbons (Fsp3) is 0.400. The van der Waals surface area contributed by atoms with Crippen LogP contribution in [-0.2, 0) is 13.0 Å². The van der Waals surface area contributed by atoms with Gasteiger partial charge in [-0.05, 0) is 31.9 Å². The molecule has 0 spiro atoms. The predicted molar refractivity (Wildman–Crippen MR) is 92.6 cm³/mol. The van der Waals surface area contributed by atoms with E-state index in [0.717, 1.165) is 40.9 Å². The molecule has 2 aromatic rings. The smallest absolute Gasteiger partial charge is 0.191 e. The highest BCUT2D eigenvalue weighted by atomic mass is 35.5. The Morgan fingerprint density at radius 1 is 1.27 bits per heavy atom. The van der Waals surface area contributed by atoms with Gasteiger partial charge in [-0.15, -0.1) is 11.3 Å². The molecule has 118 valence electrons. The average Bonchev–Trinajstić information content (AvgIpc) is 2.92. The second-order valence-corrected chi connectivity index (χ2v) is 6.41. The molecule has 2 heterocycles. The summed E-state index contributed by atoms with van der Waals surface area (Å²) < 4.78 is 0. The van der Waals surface area contributed by atoms with Gasteiger partial charge in [-0.2, -0.15) is 0 Å². The maximum atomic E-state index is 5.78. The first-order valence-corrected chi connectivity index (χ1v) is 8.40. The standard InChI is InChI=1S/C15H20ClN5S/c1-3-17-15(21-10-13-9-19-11(2)22-13)18-7-6-12-4-5-14(16)20-8-12/h4-5,8-9H,3,6-7,10H2,1-2H3,(H2,17,18,21). The maximum Gasteiger partial charge on any atom is 0.191 e. The molecule has 2 rings (SSSR count). The summed E-state index contributed by atoms with van der Waals surface area (Å²) in [5.41, 5.74) is 1.14. The number of aryl methyl sites for hydroxylation is 1. The lowest BCUT2D eigenvalue weighted by atomic mass is 10.2. The molecule has 0 amide bonds. The van der Waals surface area contributed by atoms with Gasteiger partial charge in [0.2, 0.25) is 0 Å². The fourth-order valence-corrected chi connectivity index (χ4v) is 2.69. The van der Waals surface area contributed by atoms with Crippen molar-refractivity contribution in [2.45, 2.75) is 26.8 Å². The van der Waals surface area contributed by atoms with Crippen molar-refractivity contribution in [1.29, 1.82) is 0 Å². The molecule has 2 N–H and O–H groups in total. The zero-order valence-corrected chi connectivity index (χ0v) is 14.3. The van der Waals surface area contributed by atoms with Gasteiger partial charge in [0.25, 0.3) is 0 Å². The molecule has 0 aliphatic heterocycles. The molecule has 7 heteroatoms. The zero-order valence-electron chi connectivity index (χ0n) is 12.8. The van der Waals surface area contributed by atoms with E-state index < -0.39 is 0 Å². The Labute approximate surface area is 139 Å². The van der Waals surface area contributed by atoms with Crippen LogP contribution in [0.4, 0.5) is 0 Å². The van der Waals surface area contributed by atoms with Gasteiger partial charge in [0.05, 0.1) is 11.6 Å². The number of rotatable bonds is 6. The Balaban J connectivity index is 1.84. The molecular formula is C15H20ClN5S. The number of hydrogen-bond acceptors (Lipinski definition) is 4. The Bertz CT molecular complexity index is 609. The van der Waals surface area contributed by atoms with Gasteiger partial charge < -0.3 is 10.6 Å². The number of hydrogen-bond donors (Lipinski definition) is 2. The predicted octanol–water partition coefficient (Wildman–Crippen LogP) is 2.80. The van der Waals surface area contributed by atoms with Gasteiger partial charge in [0.1, 0.15) is 5.15 Å². The van der Waals surface area contributed by atoms with Gasteiger partial charge in [-0.25, -0.2) is 15.0 Å². The highest BCUT2D eigenvalue weighted by molar-refractivity contribution is 7.11. The molecule has 0 bridgehead atoms. The van der Waals surface area contributed by atoms with Gasteiger partial charge >= 0.3 is 0 Å². The third kappa shape index (κ3) is 5.61. The van der Waals surface area contributed by atoms with Crippen LogP contribution in [-0.4, -0.2) is 29.0 Å². The van der Waals surface area contributed by atoms with Crippen molar-refractivity contribution in [3.63, 3.8) is 0 Å². The highest BCUT2D eigenvalue weighted by Gasteiger charge is 2.01. The number of halogens is 1. The minimum Gasteiger partial charge on any atom is -0.357 e. The Hall–Kier alpha value is -1.66. The van der Waals surface area contributed by atoms with E-state index in [9.17, 15) is 0 Å². The van der Waals surface area contributed by atoms with Crippen LogP contribution in [0.1, 0.15) is 22.4 Å².